The minimum atomic E-state index is 0.620. The van der Waals surface area contributed by atoms with Gasteiger partial charge in [-0.2, -0.15) is 0 Å². The molecule has 132 valence electrons. The van der Waals surface area contributed by atoms with Crippen LogP contribution in [0.2, 0.25) is 0 Å². The zero-order valence-corrected chi connectivity index (χ0v) is 15.3. The van der Waals surface area contributed by atoms with E-state index in [1.54, 1.807) is 6.42 Å². The quantitative estimate of drug-likeness (QED) is 0.730. The first-order valence-corrected chi connectivity index (χ1v) is 10.7. The molecule has 0 radical (unpaired) electrons. The van der Waals surface area contributed by atoms with Crippen molar-refractivity contribution in [2.24, 2.45) is 23.2 Å². The van der Waals surface area contributed by atoms with Gasteiger partial charge < -0.3 is 10.6 Å². The molecular formula is C21H38N2. The third-order valence-corrected chi connectivity index (χ3v) is 7.70. The molecule has 3 unspecified atom stereocenters. The molecule has 0 spiro atoms. The van der Waals surface area contributed by atoms with E-state index in [0.29, 0.717) is 5.41 Å². The van der Waals surface area contributed by atoms with Crippen molar-refractivity contribution in [3.05, 3.63) is 0 Å². The molecule has 0 saturated heterocycles. The van der Waals surface area contributed by atoms with E-state index in [1.165, 1.54) is 83.7 Å². The van der Waals surface area contributed by atoms with Gasteiger partial charge in [-0.1, -0.05) is 39.0 Å². The van der Waals surface area contributed by atoms with E-state index < -0.39 is 0 Å². The molecule has 23 heavy (non-hydrogen) atoms. The van der Waals surface area contributed by atoms with Crippen LogP contribution in [-0.4, -0.2) is 25.2 Å². The lowest BCUT2D eigenvalue weighted by atomic mass is 9.48. The maximum atomic E-state index is 4.01. The van der Waals surface area contributed by atoms with Crippen molar-refractivity contribution in [1.29, 1.82) is 0 Å². The van der Waals surface area contributed by atoms with E-state index >= 15 is 0 Å². The molecule has 0 amide bonds. The molecule has 0 aliphatic heterocycles. The van der Waals surface area contributed by atoms with Gasteiger partial charge in [-0.3, -0.25) is 0 Å². The van der Waals surface area contributed by atoms with Gasteiger partial charge in [-0.25, -0.2) is 0 Å². The number of hydrogen-bond donors (Lipinski definition) is 2. The van der Waals surface area contributed by atoms with Crippen LogP contribution in [0.1, 0.15) is 84.0 Å². The Morgan fingerprint density at radius 2 is 1.39 bits per heavy atom. The summed E-state index contributed by atoms with van der Waals surface area (Å²) in [5, 5.41) is 7.87. The number of hydrogen-bond acceptors (Lipinski definition) is 2. The van der Waals surface area contributed by atoms with Crippen molar-refractivity contribution in [1.82, 2.24) is 10.6 Å². The maximum absolute atomic E-state index is 4.01. The van der Waals surface area contributed by atoms with Crippen molar-refractivity contribution in [3.63, 3.8) is 0 Å². The van der Waals surface area contributed by atoms with Crippen molar-refractivity contribution in [3.8, 4) is 0 Å². The van der Waals surface area contributed by atoms with Crippen LogP contribution in [0.25, 0.3) is 0 Å². The minimum absolute atomic E-state index is 0.620. The van der Waals surface area contributed by atoms with Gasteiger partial charge in [0, 0.05) is 25.2 Å². The zero-order valence-electron chi connectivity index (χ0n) is 15.3. The Morgan fingerprint density at radius 1 is 0.783 bits per heavy atom. The van der Waals surface area contributed by atoms with E-state index in [1.807, 2.05) is 0 Å². The molecular weight excluding hydrogens is 280 g/mol. The van der Waals surface area contributed by atoms with Crippen molar-refractivity contribution >= 4 is 0 Å². The molecule has 0 aromatic rings. The highest BCUT2D eigenvalue weighted by Gasteiger charge is 2.54. The molecule has 0 aromatic carbocycles. The molecule has 5 rings (SSSR count). The van der Waals surface area contributed by atoms with E-state index in [4.69, 9.17) is 0 Å². The molecule has 0 aromatic heterocycles. The van der Waals surface area contributed by atoms with Crippen LogP contribution in [0.5, 0.6) is 0 Å². The SMILES string of the molecule is CC12CC3CC(CC(C3)C1NCCNC1CCCCCCC1)C2. The zero-order chi connectivity index (χ0) is 15.7. The summed E-state index contributed by atoms with van der Waals surface area (Å²) >= 11 is 0. The van der Waals surface area contributed by atoms with Crippen LogP contribution in [0.15, 0.2) is 0 Å². The van der Waals surface area contributed by atoms with E-state index in [2.05, 4.69) is 17.6 Å². The van der Waals surface area contributed by atoms with Crippen LogP contribution in [0.3, 0.4) is 0 Å². The molecule has 3 atom stereocenters. The second-order valence-corrected chi connectivity index (χ2v) is 9.69. The lowest BCUT2D eigenvalue weighted by molar-refractivity contribution is -0.0736. The van der Waals surface area contributed by atoms with Gasteiger partial charge in [0.05, 0.1) is 0 Å². The Balaban J connectivity index is 1.22. The first-order valence-electron chi connectivity index (χ1n) is 10.7. The fourth-order valence-corrected chi connectivity index (χ4v) is 7.02. The standard InChI is InChI=1S/C21H38N2/c1-21-14-16-11-17(15-21)13-18(12-16)20(21)23-10-9-22-19-7-5-3-2-4-6-8-19/h16-20,22-23H,2-15H2,1H3. The predicted molar refractivity (Wildman–Crippen MR) is 97.6 cm³/mol. The Hall–Kier alpha value is -0.0800. The second kappa shape index (κ2) is 7.04. The molecule has 5 fully saturated rings. The maximum Gasteiger partial charge on any atom is 0.0150 e. The lowest BCUT2D eigenvalue weighted by Crippen LogP contribution is -2.60. The van der Waals surface area contributed by atoms with Crippen molar-refractivity contribution < 1.29 is 0 Å². The molecule has 0 heterocycles. The van der Waals surface area contributed by atoms with Gasteiger partial charge in [-0.05, 0) is 68.1 Å². The topological polar surface area (TPSA) is 24.1 Å². The van der Waals surface area contributed by atoms with Gasteiger partial charge >= 0.3 is 0 Å². The Kier molecular flexibility index (Phi) is 5.02. The monoisotopic (exact) mass is 318 g/mol. The van der Waals surface area contributed by atoms with Gasteiger partial charge in [0.15, 0.2) is 0 Å². The Morgan fingerprint density at radius 3 is 2.04 bits per heavy atom. The van der Waals surface area contributed by atoms with Crippen LogP contribution in [-0.2, 0) is 0 Å². The molecule has 5 saturated carbocycles. The van der Waals surface area contributed by atoms with Gasteiger partial charge in [0.1, 0.15) is 0 Å². The Labute approximate surface area is 143 Å². The summed E-state index contributed by atoms with van der Waals surface area (Å²) in [6.45, 7) is 4.96. The summed E-state index contributed by atoms with van der Waals surface area (Å²) in [6, 6.07) is 1.61. The highest BCUT2D eigenvalue weighted by atomic mass is 15.0. The summed E-state index contributed by atoms with van der Waals surface area (Å²) in [7, 11) is 0. The Bertz CT molecular complexity index is 371. The third kappa shape index (κ3) is 3.63. The summed E-state index contributed by atoms with van der Waals surface area (Å²) in [5.74, 6) is 3.14. The molecule has 2 N–H and O–H groups in total. The number of rotatable bonds is 5. The third-order valence-electron chi connectivity index (χ3n) is 7.70. The van der Waals surface area contributed by atoms with Crippen LogP contribution in [0, 0.1) is 23.2 Å². The molecule has 4 bridgehead atoms. The average molecular weight is 319 g/mol. The molecule has 2 heteroatoms. The molecule has 2 nitrogen and oxygen atoms in total. The average Bonchev–Trinajstić information content (AvgIpc) is 2.46. The second-order valence-electron chi connectivity index (χ2n) is 9.69. The highest BCUT2D eigenvalue weighted by Crippen LogP contribution is 2.59. The first-order chi connectivity index (χ1) is 11.2. The smallest absolute Gasteiger partial charge is 0.0150 e. The van der Waals surface area contributed by atoms with Crippen LogP contribution >= 0.6 is 0 Å². The van der Waals surface area contributed by atoms with Crippen LogP contribution in [0.4, 0.5) is 0 Å². The molecule has 5 aliphatic rings. The van der Waals surface area contributed by atoms with E-state index in [-0.39, 0.29) is 0 Å². The van der Waals surface area contributed by atoms with E-state index in [9.17, 15) is 0 Å². The van der Waals surface area contributed by atoms with Crippen molar-refractivity contribution in [2.45, 2.75) is 96.1 Å². The highest BCUT2D eigenvalue weighted by molar-refractivity contribution is 5.07. The lowest BCUT2D eigenvalue weighted by Gasteiger charge is -2.60. The number of nitrogens with one attached hydrogen (secondary N) is 2. The summed E-state index contributed by atoms with van der Waals surface area (Å²) in [5.41, 5.74) is 0.620. The fourth-order valence-electron chi connectivity index (χ4n) is 7.02. The van der Waals surface area contributed by atoms with E-state index in [0.717, 1.165) is 29.8 Å². The summed E-state index contributed by atoms with van der Waals surface area (Å²) in [6.07, 6.45) is 17.7. The van der Waals surface area contributed by atoms with Crippen LogP contribution < -0.4 is 10.6 Å². The predicted octanol–water partition coefficient (Wildman–Crippen LogP) is 4.49. The summed E-state index contributed by atoms with van der Waals surface area (Å²) in [4.78, 5) is 0. The summed E-state index contributed by atoms with van der Waals surface area (Å²) < 4.78 is 0. The fraction of sp³-hybridized carbons (Fsp3) is 1.00. The minimum Gasteiger partial charge on any atom is -0.313 e. The van der Waals surface area contributed by atoms with Gasteiger partial charge in [-0.15, -0.1) is 0 Å². The first kappa shape index (κ1) is 16.4. The molecule has 5 aliphatic carbocycles. The van der Waals surface area contributed by atoms with Gasteiger partial charge in [0.2, 0.25) is 0 Å². The van der Waals surface area contributed by atoms with Crippen molar-refractivity contribution in [2.75, 3.05) is 13.1 Å². The normalized spacial score (nSPS) is 44.2. The van der Waals surface area contributed by atoms with Gasteiger partial charge in [0.25, 0.3) is 0 Å². The largest absolute Gasteiger partial charge is 0.313 e.